The summed E-state index contributed by atoms with van der Waals surface area (Å²) in [5.74, 6) is -3.73. The quantitative estimate of drug-likeness (QED) is 0.598. The van der Waals surface area contributed by atoms with Gasteiger partial charge in [-0.3, -0.25) is 14.9 Å². The van der Waals surface area contributed by atoms with E-state index >= 15 is 0 Å². The summed E-state index contributed by atoms with van der Waals surface area (Å²) in [4.78, 5) is 20.2. The number of rotatable bonds is 5. The minimum Gasteiger partial charge on any atom is -0.502 e. The van der Waals surface area contributed by atoms with Crippen LogP contribution in [-0.2, 0) is 20.4 Å². The standard InChI is InChI=1S/C10H11NO7S/c1-6-2-7(3-8(10(6)14)11(15)16)4-19(17,18)5-9(12)13/h2-3,14H,4-5H2,1H3,(H,12,13). The normalized spacial score (nSPS) is 11.2. The van der Waals surface area contributed by atoms with Crippen LogP contribution in [0.3, 0.4) is 0 Å². The number of nitro benzene ring substituents is 1. The van der Waals surface area contributed by atoms with Crippen molar-refractivity contribution >= 4 is 21.5 Å². The molecule has 0 aliphatic carbocycles. The van der Waals surface area contributed by atoms with Gasteiger partial charge in [0.2, 0.25) is 0 Å². The molecule has 0 saturated heterocycles. The van der Waals surface area contributed by atoms with E-state index in [9.17, 15) is 28.4 Å². The zero-order chi connectivity index (χ0) is 14.8. The maximum atomic E-state index is 11.5. The molecule has 1 aromatic carbocycles. The van der Waals surface area contributed by atoms with Crippen LogP contribution in [0.15, 0.2) is 12.1 Å². The molecule has 0 fully saturated rings. The number of carboxylic acid groups (broad SMARTS) is 1. The lowest BCUT2D eigenvalue weighted by atomic mass is 10.1. The molecule has 0 atom stereocenters. The first-order valence-electron chi connectivity index (χ1n) is 5.01. The molecule has 8 nitrogen and oxygen atoms in total. The largest absolute Gasteiger partial charge is 0.502 e. The van der Waals surface area contributed by atoms with Gasteiger partial charge in [0.25, 0.3) is 0 Å². The number of phenols is 1. The Morgan fingerprint density at radius 3 is 2.47 bits per heavy atom. The van der Waals surface area contributed by atoms with Gasteiger partial charge >= 0.3 is 11.7 Å². The summed E-state index contributed by atoms with van der Waals surface area (Å²) in [6, 6.07) is 2.18. The molecule has 104 valence electrons. The smallest absolute Gasteiger partial charge is 0.318 e. The number of carboxylic acids is 1. The lowest BCUT2D eigenvalue weighted by molar-refractivity contribution is -0.386. The average molecular weight is 289 g/mol. The second-order valence-corrected chi connectivity index (χ2v) is 6.03. The van der Waals surface area contributed by atoms with Crippen molar-refractivity contribution in [3.05, 3.63) is 33.4 Å². The number of nitro groups is 1. The van der Waals surface area contributed by atoms with Crippen LogP contribution in [0.2, 0.25) is 0 Å². The fourth-order valence-electron chi connectivity index (χ4n) is 1.55. The first-order valence-corrected chi connectivity index (χ1v) is 6.83. The van der Waals surface area contributed by atoms with Crippen LogP contribution in [0.1, 0.15) is 11.1 Å². The highest BCUT2D eigenvalue weighted by Crippen LogP contribution is 2.31. The van der Waals surface area contributed by atoms with E-state index < -0.39 is 43.7 Å². The van der Waals surface area contributed by atoms with Crippen LogP contribution >= 0.6 is 0 Å². The number of carbonyl (C=O) groups is 1. The molecule has 1 rings (SSSR count). The molecule has 0 aliphatic rings. The Morgan fingerprint density at radius 1 is 1.42 bits per heavy atom. The average Bonchev–Trinajstić information content (AvgIpc) is 2.19. The van der Waals surface area contributed by atoms with E-state index in [4.69, 9.17) is 5.11 Å². The van der Waals surface area contributed by atoms with Gasteiger partial charge in [0.1, 0.15) is 5.75 Å². The molecule has 9 heteroatoms. The molecule has 0 saturated carbocycles. The van der Waals surface area contributed by atoms with E-state index in [1.54, 1.807) is 0 Å². The van der Waals surface area contributed by atoms with Gasteiger partial charge in [-0.15, -0.1) is 0 Å². The molecule has 0 aliphatic heterocycles. The maximum Gasteiger partial charge on any atom is 0.318 e. The molecular weight excluding hydrogens is 278 g/mol. The van der Waals surface area contributed by atoms with Crippen molar-refractivity contribution in [3.8, 4) is 5.75 Å². The molecule has 0 heterocycles. The van der Waals surface area contributed by atoms with Crippen LogP contribution in [0.25, 0.3) is 0 Å². The summed E-state index contributed by atoms with van der Waals surface area (Å²) in [6.07, 6.45) is 0. The maximum absolute atomic E-state index is 11.5. The highest BCUT2D eigenvalue weighted by Gasteiger charge is 2.21. The summed E-state index contributed by atoms with van der Waals surface area (Å²) in [5.41, 5.74) is -0.404. The number of aliphatic carboxylic acids is 1. The van der Waals surface area contributed by atoms with Crippen molar-refractivity contribution in [1.82, 2.24) is 0 Å². The fraction of sp³-hybridized carbons (Fsp3) is 0.300. The first kappa shape index (κ1) is 14.9. The van der Waals surface area contributed by atoms with Crippen LogP contribution < -0.4 is 0 Å². The Bertz CT molecular complexity index is 636. The molecule has 19 heavy (non-hydrogen) atoms. The lowest BCUT2D eigenvalue weighted by Gasteiger charge is -2.05. The molecule has 0 amide bonds. The summed E-state index contributed by atoms with van der Waals surface area (Å²) < 4.78 is 22.9. The first-order chi connectivity index (χ1) is 8.62. The Kier molecular flexibility index (Phi) is 4.10. The van der Waals surface area contributed by atoms with Crippen molar-refractivity contribution in [3.63, 3.8) is 0 Å². The van der Waals surface area contributed by atoms with Crippen LogP contribution in [-0.4, -0.2) is 35.3 Å². The van der Waals surface area contributed by atoms with E-state index in [1.807, 2.05) is 0 Å². The molecule has 0 spiro atoms. The third-order valence-electron chi connectivity index (χ3n) is 2.27. The molecule has 0 bridgehead atoms. The minimum absolute atomic E-state index is 0.0586. The highest BCUT2D eigenvalue weighted by molar-refractivity contribution is 7.91. The van der Waals surface area contributed by atoms with E-state index in [1.165, 1.54) is 13.0 Å². The van der Waals surface area contributed by atoms with E-state index in [0.717, 1.165) is 6.07 Å². The van der Waals surface area contributed by atoms with Crippen LogP contribution in [0.5, 0.6) is 5.75 Å². The fourth-order valence-corrected chi connectivity index (χ4v) is 2.70. The number of aryl methyl sites for hydroxylation is 1. The van der Waals surface area contributed by atoms with Crippen molar-refractivity contribution < 1.29 is 28.3 Å². The van der Waals surface area contributed by atoms with Crippen molar-refractivity contribution in [1.29, 1.82) is 0 Å². The van der Waals surface area contributed by atoms with Gasteiger partial charge in [0.15, 0.2) is 15.6 Å². The number of phenolic OH excluding ortho intramolecular Hbond substituents is 1. The monoisotopic (exact) mass is 289 g/mol. The minimum atomic E-state index is -3.91. The Labute approximate surface area is 108 Å². The summed E-state index contributed by atoms with van der Waals surface area (Å²) in [5, 5.41) is 28.6. The number of benzene rings is 1. The summed E-state index contributed by atoms with van der Waals surface area (Å²) in [7, 11) is -3.91. The summed E-state index contributed by atoms with van der Waals surface area (Å²) >= 11 is 0. The zero-order valence-electron chi connectivity index (χ0n) is 9.86. The molecule has 0 aromatic heterocycles. The molecule has 0 unspecified atom stereocenters. The molecule has 1 aromatic rings. The SMILES string of the molecule is Cc1cc(CS(=O)(=O)CC(=O)O)cc([N+](=O)[O-])c1O. The van der Waals surface area contributed by atoms with Crippen LogP contribution in [0, 0.1) is 17.0 Å². The Morgan fingerprint density at radius 2 is 2.00 bits per heavy atom. The van der Waals surface area contributed by atoms with Crippen LogP contribution in [0.4, 0.5) is 5.69 Å². The number of hydrogen-bond acceptors (Lipinski definition) is 6. The Hall–Kier alpha value is -2.16. The topological polar surface area (TPSA) is 135 Å². The lowest BCUT2D eigenvalue weighted by Crippen LogP contribution is -2.17. The van der Waals surface area contributed by atoms with Gasteiger partial charge in [-0.2, -0.15) is 0 Å². The van der Waals surface area contributed by atoms with Crippen molar-refractivity contribution in [2.24, 2.45) is 0 Å². The molecule has 2 N–H and O–H groups in total. The van der Waals surface area contributed by atoms with Gasteiger partial charge in [0, 0.05) is 6.07 Å². The molecular formula is C10H11NO7S. The van der Waals surface area contributed by atoms with Gasteiger partial charge in [-0.25, -0.2) is 8.42 Å². The van der Waals surface area contributed by atoms with Gasteiger partial charge < -0.3 is 10.2 Å². The summed E-state index contributed by atoms with van der Waals surface area (Å²) in [6.45, 7) is 1.38. The number of hydrogen-bond donors (Lipinski definition) is 2. The van der Waals surface area contributed by atoms with E-state index in [-0.39, 0.29) is 11.1 Å². The van der Waals surface area contributed by atoms with Gasteiger partial charge in [0.05, 0.1) is 10.7 Å². The van der Waals surface area contributed by atoms with Gasteiger partial charge in [-0.05, 0) is 18.1 Å². The zero-order valence-corrected chi connectivity index (χ0v) is 10.7. The predicted octanol–water partition coefficient (Wildman–Crippen LogP) is 0.608. The number of nitrogens with zero attached hydrogens (tertiary/aromatic N) is 1. The van der Waals surface area contributed by atoms with Crippen molar-refractivity contribution in [2.75, 3.05) is 5.75 Å². The third kappa shape index (κ3) is 3.91. The Balaban J connectivity index is 3.17. The van der Waals surface area contributed by atoms with E-state index in [2.05, 4.69) is 0 Å². The molecule has 0 radical (unpaired) electrons. The van der Waals surface area contributed by atoms with Crippen molar-refractivity contribution in [2.45, 2.75) is 12.7 Å². The number of aromatic hydroxyl groups is 1. The van der Waals surface area contributed by atoms with Gasteiger partial charge in [-0.1, -0.05) is 6.07 Å². The second-order valence-electron chi connectivity index (χ2n) is 3.96. The number of sulfone groups is 1. The van der Waals surface area contributed by atoms with E-state index in [0.29, 0.717) is 0 Å². The predicted molar refractivity (Wildman–Crippen MR) is 64.6 cm³/mol. The second kappa shape index (κ2) is 5.22. The third-order valence-corrected chi connectivity index (χ3v) is 3.73. The highest BCUT2D eigenvalue weighted by atomic mass is 32.2.